The fourth-order valence-electron chi connectivity index (χ4n) is 1.13. The highest BCUT2D eigenvalue weighted by atomic mass is 32.2. The maximum absolute atomic E-state index is 10.8. The minimum atomic E-state index is -1.02. The summed E-state index contributed by atoms with van der Waals surface area (Å²) in [6.45, 7) is 0. The average Bonchev–Trinajstić information content (AvgIpc) is 2.76. The van der Waals surface area contributed by atoms with E-state index < -0.39 is 5.97 Å². The number of hydrogen-bond acceptors (Lipinski definition) is 5. The van der Waals surface area contributed by atoms with Gasteiger partial charge in [0.05, 0.1) is 4.88 Å². The van der Waals surface area contributed by atoms with E-state index in [4.69, 9.17) is 5.11 Å². The van der Waals surface area contributed by atoms with Gasteiger partial charge in [-0.15, -0.1) is 16.9 Å². The fourth-order valence-corrected chi connectivity index (χ4v) is 2.74. The Hall–Kier alpha value is -1.40. The van der Waals surface area contributed by atoms with E-state index >= 15 is 0 Å². The number of carboxylic acid groups (broad SMARTS) is 1. The molecule has 2 rings (SSSR count). The third-order valence-electron chi connectivity index (χ3n) is 1.87. The third-order valence-corrected chi connectivity index (χ3v) is 3.81. The molecule has 1 aromatic carbocycles. The summed E-state index contributed by atoms with van der Waals surface area (Å²) in [5.41, 5.74) is 0.0634. The van der Waals surface area contributed by atoms with Crippen LogP contribution in [0.2, 0.25) is 0 Å². The molecule has 1 aromatic heterocycles. The summed E-state index contributed by atoms with van der Waals surface area (Å²) in [6, 6.07) is 9.82. The van der Waals surface area contributed by atoms with Crippen molar-refractivity contribution in [2.45, 2.75) is 10.6 Å². The van der Waals surface area contributed by atoms with E-state index in [0.29, 0.717) is 10.6 Å². The zero-order chi connectivity index (χ0) is 11.4. The Morgan fingerprint density at radius 1 is 1.38 bits per heavy atom. The first-order valence-corrected chi connectivity index (χ1v) is 6.25. The molecule has 0 atom stereocenters. The fraction of sp³-hybridized carbons (Fsp3) is 0.100. The van der Waals surface area contributed by atoms with Crippen LogP contribution in [0.1, 0.15) is 15.4 Å². The summed E-state index contributed by atoms with van der Waals surface area (Å²) in [4.78, 5) is 12.6. The summed E-state index contributed by atoms with van der Waals surface area (Å²) in [6.07, 6.45) is 0. The molecule has 0 aliphatic heterocycles. The third kappa shape index (κ3) is 2.59. The summed E-state index contributed by atoms with van der Waals surface area (Å²) in [7, 11) is 0. The Balaban J connectivity index is 2.05. The van der Waals surface area contributed by atoms with Gasteiger partial charge >= 0.3 is 5.97 Å². The van der Waals surface area contributed by atoms with Crippen molar-refractivity contribution in [3.05, 3.63) is 40.9 Å². The van der Waals surface area contributed by atoms with Crippen LogP contribution < -0.4 is 0 Å². The molecule has 0 aliphatic rings. The van der Waals surface area contributed by atoms with Crippen LogP contribution in [0.15, 0.2) is 35.2 Å². The zero-order valence-electron chi connectivity index (χ0n) is 8.16. The standard InChI is InChI=1S/C10H8N2O2S2/c13-10(14)9-8(16-12-11-9)6-15-7-4-2-1-3-5-7/h1-5H,6H2,(H,13,14). The second-order valence-corrected chi connectivity index (χ2v) is 4.84. The van der Waals surface area contributed by atoms with E-state index in [1.165, 1.54) is 0 Å². The average molecular weight is 252 g/mol. The molecule has 0 saturated carbocycles. The molecule has 0 unspecified atom stereocenters. The molecule has 0 aliphatic carbocycles. The lowest BCUT2D eigenvalue weighted by Crippen LogP contribution is -2.00. The van der Waals surface area contributed by atoms with Crippen molar-refractivity contribution in [3.8, 4) is 0 Å². The van der Waals surface area contributed by atoms with E-state index in [1.54, 1.807) is 11.8 Å². The highest BCUT2D eigenvalue weighted by Crippen LogP contribution is 2.25. The highest BCUT2D eigenvalue weighted by Gasteiger charge is 2.14. The first kappa shape index (κ1) is 11.1. The summed E-state index contributed by atoms with van der Waals surface area (Å²) < 4.78 is 3.65. The second-order valence-electron chi connectivity index (χ2n) is 2.95. The van der Waals surface area contributed by atoms with Gasteiger partial charge in [-0.3, -0.25) is 0 Å². The van der Waals surface area contributed by atoms with E-state index in [1.807, 2.05) is 30.3 Å². The molecule has 1 heterocycles. The van der Waals surface area contributed by atoms with Gasteiger partial charge in [0.1, 0.15) is 0 Å². The Labute approximate surface area is 100 Å². The van der Waals surface area contributed by atoms with Crippen molar-refractivity contribution >= 4 is 29.3 Å². The highest BCUT2D eigenvalue weighted by molar-refractivity contribution is 7.98. The maximum atomic E-state index is 10.8. The van der Waals surface area contributed by atoms with Crippen LogP contribution in [0.25, 0.3) is 0 Å². The molecular formula is C10H8N2O2S2. The molecule has 0 bridgehead atoms. The Kier molecular flexibility index (Phi) is 3.53. The van der Waals surface area contributed by atoms with E-state index in [-0.39, 0.29) is 5.69 Å². The molecule has 2 aromatic rings. The number of aromatic carboxylic acids is 1. The molecule has 16 heavy (non-hydrogen) atoms. The number of hydrogen-bond donors (Lipinski definition) is 1. The molecule has 1 N–H and O–H groups in total. The van der Waals surface area contributed by atoms with Crippen LogP contribution in [0.4, 0.5) is 0 Å². The Morgan fingerprint density at radius 2 is 2.12 bits per heavy atom. The normalized spacial score (nSPS) is 10.2. The smallest absolute Gasteiger partial charge is 0.357 e. The van der Waals surface area contributed by atoms with Gasteiger partial charge in [-0.25, -0.2) is 4.79 Å². The lowest BCUT2D eigenvalue weighted by atomic mass is 10.4. The van der Waals surface area contributed by atoms with Crippen LogP contribution in [0.3, 0.4) is 0 Å². The number of aromatic nitrogens is 2. The number of thioether (sulfide) groups is 1. The van der Waals surface area contributed by atoms with E-state index in [0.717, 1.165) is 16.4 Å². The first-order chi connectivity index (χ1) is 7.77. The predicted octanol–water partition coefficient (Wildman–Crippen LogP) is 2.53. The van der Waals surface area contributed by atoms with Crippen molar-refractivity contribution in [1.29, 1.82) is 0 Å². The van der Waals surface area contributed by atoms with Gasteiger partial charge in [0.2, 0.25) is 0 Å². The number of benzene rings is 1. The Bertz CT molecular complexity index is 485. The van der Waals surface area contributed by atoms with E-state index in [2.05, 4.69) is 9.59 Å². The first-order valence-electron chi connectivity index (χ1n) is 4.50. The number of carbonyl (C=O) groups is 1. The van der Waals surface area contributed by atoms with Gasteiger partial charge < -0.3 is 5.11 Å². The molecule has 4 nitrogen and oxygen atoms in total. The SMILES string of the molecule is O=C(O)c1nnsc1CSc1ccccc1. The summed E-state index contributed by atoms with van der Waals surface area (Å²) >= 11 is 2.71. The topological polar surface area (TPSA) is 63.1 Å². The minimum absolute atomic E-state index is 0.0634. The monoisotopic (exact) mass is 252 g/mol. The predicted molar refractivity (Wildman–Crippen MR) is 62.9 cm³/mol. The van der Waals surface area contributed by atoms with E-state index in [9.17, 15) is 4.79 Å². The molecule has 82 valence electrons. The molecule has 6 heteroatoms. The van der Waals surface area contributed by atoms with Gasteiger partial charge in [-0.2, -0.15) is 0 Å². The van der Waals surface area contributed by atoms with Crippen LogP contribution in [0, 0.1) is 0 Å². The van der Waals surface area contributed by atoms with Crippen LogP contribution >= 0.6 is 23.3 Å². The lowest BCUT2D eigenvalue weighted by Gasteiger charge is -1.98. The van der Waals surface area contributed by atoms with Crippen molar-refractivity contribution < 1.29 is 9.90 Å². The van der Waals surface area contributed by atoms with Crippen LogP contribution in [0.5, 0.6) is 0 Å². The molecule has 0 saturated heterocycles. The Morgan fingerprint density at radius 3 is 2.81 bits per heavy atom. The quantitative estimate of drug-likeness (QED) is 0.847. The molecular weight excluding hydrogens is 244 g/mol. The largest absolute Gasteiger partial charge is 0.476 e. The van der Waals surface area contributed by atoms with Crippen molar-refractivity contribution in [2.24, 2.45) is 0 Å². The number of carboxylic acids is 1. The van der Waals surface area contributed by atoms with Crippen LogP contribution in [-0.4, -0.2) is 20.7 Å². The zero-order valence-corrected chi connectivity index (χ0v) is 9.79. The van der Waals surface area contributed by atoms with Crippen molar-refractivity contribution in [2.75, 3.05) is 0 Å². The number of nitrogens with zero attached hydrogens (tertiary/aromatic N) is 2. The maximum Gasteiger partial charge on any atom is 0.357 e. The van der Waals surface area contributed by atoms with Gasteiger partial charge in [-0.1, -0.05) is 22.7 Å². The summed E-state index contributed by atoms with van der Waals surface area (Å²) in [5.74, 6) is -0.430. The van der Waals surface area contributed by atoms with Crippen LogP contribution in [-0.2, 0) is 5.75 Å². The van der Waals surface area contributed by atoms with Crippen molar-refractivity contribution in [3.63, 3.8) is 0 Å². The molecule has 0 amide bonds. The number of rotatable bonds is 4. The van der Waals surface area contributed by atoms with Gasteiger partial charge in [0.15, 0.2) is 5.69 Å². The summed E-state index contributed by atoms with van der Waals surface area (Å²) in [5, 5.41) is 12.4. The van der Waals surface area contributed by atoms with Crippen molar-refractivity contribution in [1.82, 2.24) is 9.59 Å². The molecule has 0 fully saturated rings. The molecule has 0 spiro atoms. The second kappa shape index (κ2) is 5.09. The minimum Gasteiger partial charge on any atom is -0.476 e. The van der Waals surface area contributed by atoms with Gasteiger partial charge in [-0.05, 0) is 23.7 Å². The van der Waals surface area contributed by atoms with Gasteiger partial charge in [0.25, 0.3) is 0 Å². The molecule has 0 radical (unpaired) electrons. The lowest BCUT2D eigenvalue weighted by molar-refractivity contribution is 0.0689. The van der Waals surface area contributed by atoms with Gasteiger partial charge in [0, 0.05) is 10.6 Å².